The van der Waals surface area contributed by atoms with E-state index in [1.54, 1.807) is 13.2 Å². The Labute approximate surface area is 163 Å². The van der Waals surface area contributed by atoms with Gasteiger partial charge in [0.2, 0.25) is 0 Å². The van der Waals surface area contributed by atoms with Crippen molar-refractivity contribution >= 4 is 11.0 Å². The van der Waals surface area contributed by atoms with Gasteiger partial charge in [0, 0.05) is 48.4 Å². The van der Waals surface area contributed by atoms with Gasteiger partial charge in [-0.2, -0.15) is 0 Å². The minimum atomic E-state index is 0.199. The number of rotatable bonds is 5. The number of hydrogen-bond acceptors (Lipinski definition) is 2. The first-order valence-corrected chi connectivity index (χ1v) is 9.38. The van der Waals surface area contributed by atoms with E-state index in [0.717, 1.165) is 23.3 Å². The van der Waals surface area contributed by atoms with Gasteiger partial charge >= 0.3 is 0 Å². The molecule has 0 aliphatic carbocycles. The Kier molecular flexibility index (Phi) is 9.31. The Balaban J connectivity index is 0.000000392. The first-order chi connectivity index (χ1) is 13.0. The summed E-state index contributed by atoms with van der Waals surface area (Å²) in [5.41, 5.74) is 5.87. The topological polar surface area (TPSA) is 42.8 Å². The van der Waals surface area contributed by atoms with Crippen LogP contribution in [0.1, 0.15) is 32.0 Å². The number of allylic oxidation sites excluding steroid dienone is 1. The average molecular weight is 368 g/mol. The summed E-state index contributed by atoms with van der Waals surface area (Å²) in [7, 11) is 1.66. The van der Waals surface area contributed by atoms with E-state index in [-0.39, 0.29) is 6.10 Å². The van der Waals surface area contributed by atoms with Crippen LogP contribution in [0.2, 0.25) is 0 Å². The molecule has 3 aromatic heterocycles. The summed E-state index contributed by atoms with van der Waals surface area (Å²) in [5.74, 6) is 0. The molecule has 0 fully saturated rings. The maximum atomic E-state index is 4.78. The smallest absolute Gasteiger partial charge is 0.137 e. The van der Waals surface area contributed by atoms with Gasteiger partial charge in [-0.1, -0.05) is 26.0 Å². The van der Waals surface area contributed by atoms with Gasteiger partial charge in [0.1, 0.15) is 5.65 Å². The quantitative estimate of drug-likeness (QED) is 0.556. The molecule has 0 bridgehead atoms. The van der Waals surface area contributed by atoms with Gasteiger partial charge in [0.05, 0.1) is 6.10 Å². The third kappa shape index (κ3) is 5.69. The number of nitrogens with zero attached hydrogens (tertiary/aromatic N) is 2. The molecule has 3 heterocycles. The maximum absolute atomic E-state index is 4.78. The summed E-state index contributed by atoms with van der Waals surface area (Å²) in [5, 5.41) is 1.14. The van der Waals surface area contributed by atoms with Crippen LogP contribution in [0.15, 0.2) is 55.9 Å². The van der Waals surface area contributed by atoms with Crippen LogP contribution < -0.4 is 0 Å². The van der Waals surface area contributed by atoms with Crippen molar-refractivity contribution in [3.8, 4) is 11.3 Å². The normalized spacial score (nSPS) is 11.0. The molecule has 0 spiro atoms. The van der Waals surface area contributed by atoms with Crippen LogP contribution in [-0.2, 0) is 11.3 Å². The lowest BCUT2D eigenvalue weighted by Crippen LogP contribution is -1.96. The number of hydrogen-bond donors (Lipinski definition) is 1. The molecule has 3 aromatic rings. The highest BCUT2D eigenvalue weighted by molar-refractivity contribution is 5.83. The second-order valence-corrected chi connectivity index (χ2v) is 5.99. The molecule has 4 heteroatoms. The van der Waals surface area contributed by atoms with E-state index in [9.17, 15) is 0 Å². The summed E-state index contributed by atoms with van der Waals surface area (Å²) in [6, 6.07) is 6.19. The number of methoxy groups -OCH3 is 1. The average Bonchev–Trinajstić information content (AvgIpc) is 3.26. The highest BCUT2D eigenvalue weighted by atomic mass is 16.5. The number of nitrogens with one attached hydrogen (secondary N) is 1. The number of H-pyrrole nitrogens is 1. The molecule has 0 aliphatic heterocycles. The third-order valence-electron chi connectivity index (χ3n) is 4.37. The van der Waals surface area contributed by atoms with E-state index in [0.29, 0.717) is 0 Å². The second-order valence-electron chi connectivity index (χ2n) is 5.99. The highest BCUT2D eigenvalue weighted by Gasteiger charge is 2.12. The van der Waals surface area contributed by atoms with Gasteiger partial charge in [-0.05, 0) is 44.5 Å². The summed E-state index contributed by atoms with van der Waals surface area (Å²) in [6.07, 6.45) is 7.86. The third-order valence-corrected chi connectivity index (χ3v) is 4.37. The molecule has 0 saturated carbocycles. The Hall–Kier alpha value is -2.59. The van der Waals surface area contributed by atoms with Crippen LogP contribution in [0.3, 0.4) is 0 Å². The Bertz CT molecular complexity index is 825. The monoisotopic (exact) mass is 367 g/mol. The second kappa shape index (κ2) is 11.2. The van der Waals surface area contributed by atoms with Gasteiger partial charge in [0.15, 0.2) is 0 Å². The van der Waals surface area contributed by atoms with Crippen molar-refractivity contribution in [1.29, 1.82) is 0 Å². The fourth-order valence-electron chi connectivity index (χ4n) is 2.56. The van der Waals surface area contributed by atoms with E-state index < -0.39 is 0 Å². The van der Waals surface area contributed by atoms with Gasteiger partial charge in [-0.15, -0.1) is 13.2 Å². The molecule has 1 unspecified atom stereocenters. The minimum absolute atomic E-state index is 0.199. The Morgan fingerprint density at radius 3 is 2.52 bits per heavy atom. The summed E-state index contributed by atoms with van der Waals surface area (Å²) >= 11 is 0. The van der Waals surface area contributed by atoms with Crippen LogP contribution in [-0.4, -0.2) is 27.7 Å². The van der Waals surface area contributed by atoms with Crippen molar-refractivity contribution in [2.75, 3.05) is 7.11 Å². The lowest BCUT2D eigenvalue weighted by Gasteiger charge is -2.00. The molecule has 0 aliphatic rings. The van der Waals surface area contributed by atoms with Crippen LogP contribution >= 0.6 is 0 Å². The number of aromatic nitrogens is 3. The molecule has 0 aromatic carbocycles. The van der Waals surface area contributed by atoms with Crippen molar-refractivity contribution in [2.24, 2.45) is 0 Å². The molecular formula is C23H33N3O. The Morgan fingerprint density at radius 2 is 2.00 bits per heavy atom. The molecule has 0 saturated heterocycles. The van der Waals surface area contributed by atoms with Crippen molar-refractivity contribution in [3.63, 3.8) is 0 Å². The number of pyridine rings is 1. The summed E-state index contributed by atoms with van der Waals surface area (Å²) in [6.45, 7) is 18.4. The fourth-order valence-corrected chi connectivity index (χ4v) is 2.56. The van der Waals surface area contributed by atoms with Gasteiger partial charge in [-0.3, -0.25) is 0 Å². The zero-order valence-corrected chi connectivity index (χ0v) is 17.5. The molecule has 1 atom stereocenters. The minimum Gasteiger partial charge on any atom is -0.378 e. The van der Waals surface area contributed by atoms with Crippen molar-refractivity contribution in [3.05, 3.63) is 67.2 Å². The van der Waals surface area contributed by atoms with Crippen molar-refractivity contribution < 1.29 is 4.74 Å². The summed E-state index contributed by atoms with van der Waals surface area (Å²) in [4.78, 5) is 7.73. The lowest BCUT2D eigenvalue weighted by atomic mass is 10.1. The van der Waals surface area contributed by atoms with Gasteiger partial charge in [-0.25, -0.2) is 4.98 Å². The van der Waals surface area contributed by atoms with Crippen LogP contribution in [0, 0.1) is 13.8 Å². The van der Waals surface area contributed by atoms with Crippen molar-refractivity contribution in [1.82, 2.24) is 14.5 Å². The van der Waals surface area contributed by atoms with Crippen molar-refractivity contribution in [2.45, 2.75) is 47.3 Å². The van der Waals surface area contributed by atoms with E-state index in [2.05, 4.69) is 59.9 Å². The van der Waals surface area contributed by atoms with Gasteiger partial charge in [0.25, 0.3) is 0 Å². The maximum Gasteiger partial charge on any atom is 0.137 e. The molecule has 1 N–H and O–H groups in total. The largest absolute Gasteiger partial charge is 0.378 e. The lowest BCUT2D eigenvalue weighted by molar-refractivity contribution is 0.156. The first kappa shape index (κ1) is 22.5. The molecule has 0 radical (unpaired) electrons. The predicted octanol–water partition coefficient (Wildman–Crippen LogP) is 6.07. The number of fused-ring (bicyclic) bond motifs is 1. The van der Waals surface area contributed by atoms with E-state index >= 15 is 0 Å². The highest BCUT2D eigenvalue weighted by Crippen LogP contribution is 2.29. The molecular weight excluding hydrogens is 334 g/mol. The zero-order chi connectivity index (χ0) is 20.4. The first-order valence-electron chi connectivity index (χ1n) is 9.38. The van der Waals surface area contributed by atoms with E-state index in [1.807, 2.05) is 39.1 Å². The molecule has 4 nitrogen and oxygen atoms in total. The number of aromatic amines is 1. The van der Waals surface area contributed by atoms with Crippen LogP contribution in [0.5, 0.6) is 0 Å². The standard InChI is InChI=1S/C16H17N3.C5H10O.C2H6/c1-4-8-19-10-14(11(2)12(19)3)15-9-13-6-5-7-17-16(13)18-15;1-4-5(2)6-3;1-2/h4-7,9-10H,1,8H2,2-3H3,(H,17,18);4-5H,1H2,2-3H3;1-2H3. The van der Waals surface area contributed by atoms with E-state index in [1.165, 1.54) is 16.8 Å². The number of ether oxygens (including phenoxy) is 1. The summed E-state index contributed by atoms with van der Waals surface area (Å²) < 4.78 is 7.00. The molecule has 0 amide bonds. The zero-order valence-electron chi connectivity index (χ0n) is 17.5. The van der Waals surface area contributed by atoms with E-state index in [4.69, 9.17) is 4.74 Å². The molecule has 146 valence electrons. The molecule has 27 heavy (non-hydrogen) atoms. The Morgan fingerprint density at radius 1 is 1.30 bits per heavy atom. The van der Waals surface area contributed by atoms with Crippen LogP contribution in [0.4, 0.5) is 0 Å². The SMILES string of the molecule is C=CC(C)OC.C=CCn1cc(-c2cc3cccnc3[nH]2)c(C)c1C.CC. The molecule has 3 rings (SSSR count). The predicted molar refractivity (Wildman–Crippen MR) is 117 cm³/mol. The van der Waals surface area contributed by atoms with Gasteiger partial charge < -0.3 is 14.3 Å². The van der Waals surface area contributed by atoms with Crippen LogP contribution in [0.25, 0.3) is 22.3 Å². The fraction of sp³-hybridized carbons (Fsp3) is 0.348.